The van der Waals surface area contributed by atoms with Crippen molar-refractivity contribution in [2.45, 2.75) is 58.5 Å². The van der Waals surface area contributed by atoms with Gasteiger partial charge >= 0.3 is 168 Å². The van der Waals surface area contributed by atoms with Crippen molar-refractivity contribution in [2.75, 3.05) is 0 Å². The molecule has 2 aliphatic carbocycles. The van der Waals surface area contributed by atoms with Crippen LogP contribution in [-0.4, -0.2) is 0 Å². The van der Waals surface area contributed by atoms with E-state index in [1.165, 1.54) is 43.2 Å². The van der Waals surface area contributed by atoms with Gasteiger partial charge in [-0.05, 0) is 0 Å². The molecule has 0 N–H and O–H groups in total. The number of rotatable bonds is 5. The molecule has 135 valence electrons. The third kappa shape index (κ3) is 2.91. The number of hydrogen-bond acceptors (Lipinski definition) is 0. The minimum atomic E-state index is -1.73. The quantitative estimate of drug-likeness (QED) is 0.390. The standard InChI is InChI=1S/C23H25.2CH3.Hf/c1-3-23(4-2)15-20-13-19-11-10-18(22(19)14-21(20)16-23)12-17-8-6-5-7-9-17;;;/h5-11,13-14H,3-4,12,15-16H2,1-2H3;2*1H3;. The predicted octanol–water partition coefficient (Wildman–Crippen LogP) is 6.77. The van der Waals surface area contributed by atoms with Crippen LogP contribution in [0.15, 0.2) is 48.5 Å². The first kappa shape index (κ1) is 18.4. The summed E-state index contributed by atoms with van der Waals surface area (Å²) >= 11 is -1.73. The SMILES string of the molecule is CCC1(CC)Cc2cc3c(cc2C1)[C](Cc1ccccc1)([Hf]([CH3])[CH3])C=C3. The van der Waals surface area contributed by atoms with Crippen LogP contribution >= 0.6 is 0 Å². The fraction of sp³-hybridized carbons (Fsp3) is 0.440. The van der Waals surface area contributed by atoms with E-state index in [9.17, 15) is 0 Å². The maximum atomic E-state index is 2.64. The molecule has 26 heavy (non-hydrogen) atoms. The molecule has 4 rings (SSSR count). The van der Waals surface area contributed by atoms with Gasteiger partial charge in [0.15, 0.2) is 0 Å². The summed E-state index contributed by atoms with van der Waals surface area (Å²) in [5, 5.41) is 0. The van der Waals surface area contributed by atoms with Gasteiger partial charge in [0, 0.05) is 0 Å². The van der Waals surface area contributed by atoms with Gasteiger partial charge in [-0.25, -0.2) is 0 Å². The Hall–Kier alpha value is -0.950. The molecule has 1 heteroatoms. The van der Waals surface area contributed by atoms with E-state index < -0.39 is 21.4 Å². The van der Waals surface area contributed by atoms with E-state index in [2.05, 4.69) is 77.8 Å². The summed E-state index contributed by atoms with van der Waals surface area (Å²) in [6.07, 6.45) is 11.4. The van der Waals surface area contributed by atoms with Crippen LogP contribution in [0.5, 0.6) is 0 Å². The van der Waals surface area contributed by atoms with Crippen molar-refractivity contribution in [3.63, 3.8) is 0 Å². The summed E-state index contributed by atoms with van der Waals surface area (Å²) in [4.78, 5) is 0. The summed E-state index contributed by atoms with van der Waals surface area (Å²) < 4.78 is 5.55. The number of hydrogen-bond donors (Lipinski definition) is 0. The van der Waals surface area contributed by atoms with Gasteiger partial charge in [0.05, 0.1) is 0 Å². The number of benzene rings is 2. The van der Waals surface area contributed by atoms with Crippen LogP contribution in [0.2, 0.25) is 9.36 Å². The van der Waals surface area contributed by atoms with E-state index in [0.717, 1.165) is 0 Å². The van der Waals surface area contributed by atoms with Gasteiger partial charge in [-0.3, -0.25) is 0 Å². The molecule has 2 aromatic carbocycles. The summed E-state index contributed by atoms with van der Waals surface area (Å²) in [6, 6.07) is 16.3. The molecule has 0 nitrogen and oxygen atoms in total. The third-order valence-corrected chi connectivity index (χ3v) is 15.9. The molecular formula is C25H31Hf. The van der Waals surface area contributed by atoms with Crippen molar-refractivity contribution in [3.8, 4) is 0 Å². The van der Waals surface area contributed by atoms with Crippen molar-refractivity contribution >= 4 is 6.08 Å². The van der Waals surface area contributed by atoms with Gasteiger partial charge in [-0.2, -0.15) is 0 Å². The van der Waals surface area contributed by atoms with E-state index >= 15 is 0 Å². The van der Waals surface area contributed by atoms with Crippen molar-refractivity contribution in [1.29, 1.82) is 0 Å². The Morgan fingerprint density at radius 1 is 0.923 bits per heavy atom. The molecular weight excluding hydrogens is 479 g/mol. The topological polar surface area (TPSA) is 0 Å². The van der Waals surface area contributed by atoms with Crippen LogP contribution < -0.4 is 0 Å². The van der Waals surface area contributed by atoms with Crippen LogP contribution in [0.25, 0.3) is 6.08 Å². The summed E-state index contributed by atoms with van der Waals surface area (Å²) in [7, 11) is 0. The van der Waals surface area contributed by atoms with Gasteiger partial charge in [0.1, 0.15) is 0 Å². The molecule has 0 radical (unpaired) electrons. The zero-order valence-corrected chi connectivity index (χ0v) is 20.3. The monoisotopic (exact) mass is 511 g/mol. The first-order chi connectivity index (χ1) is 12.5. The van der Waals surface area contributed by atoms with E-state index in [4.69, 9.17) is 0 Å². The Labute approximate surface area is 167 Å². The van der Waals surface area contributed by atoms with Gasteiger partial charge in [-0.1, -0.05) is 0 Å². The molecule has 0 aromatic heterocycles. The normalized spacial score (nSPS) is 22.3. The predicted molar refractivity (Wildman–Crippen MR) is 109 cm³/mol. The van der Waals surface area contributed by atoms with Crippen molar-refractivity contribution in [2.24, 2.45) is 5.41 Å². The van der Waals surface area contributed by atoms with Gasteiger partial charge in [0.25, 0.3) is 0 Å². The molecule has 1 unspecified atom stereocenters. The third-order valence-electron chi connectivity index (χ3n) is 7.25. The van der Waals surface area contributed by atoms with Gasteiger partial charge in [-0.15, -0.1) is 0 Å². The Morgan fingerprint density at radius 2 is 1.58 bits per heavy atom. The number of allylic oxidation sites excluding steroid dienone is 1. The molecule has 0 aliphatic heterocycles. The van der Waals surface area contributed by atoms with Crippen LogP contribution in [-0.2, 0) is 43.9 Å². The molecule has 0 bridgehead atoms. The van der Waals surface area contributed by atoms with Crippen molar-refractivity contribution < 1.29 is 21.4 Å². The average Bonchev–Trinajstić information content (AvgIpc) is 3.20. The Kier molecular flexibility index (Phi) is 4.88. The zero-order valence-electron chi connectivity index (χ0n) is 16.7. The van der Waals surface area contributed by atoms with E-state index in [0.29, 0.717) is 8.59 Å². The Bertz CT molecular complexity index is 827. The first-order valence-corrected chi connectivity index (χ1v) is 19.2. The molecule has 0 saturated heterocycles. The fourth-order valence-corrected chi connectivity index (χ4v) is 11.4. The molecule has 0 spiro atoms. The van der Waals surface area contributed by atoms with Crippen molar-refractivity contribution in [3.05, 3.63) is 76.4 Å². The molecule has 1 atom stereocenters. The molecule has 2 aliphatic rings. The first-order valence-electron chi connectivity index (χ1n) is 10.2. The molecule has 2 aromatic rings. The molecule has 0 amide bonds. The minimum absolute atomic E-state index is 0.347. The molecule has 0 saturated carbocycles. The van der Waals surface area contributed by atoms with E-state index in [-0.39, 0.29) is 0 Å². The second kappa shape index (κ2) is 6.89. The molecule has 0 heterocycles. The maximum absolute atomic E-state index is 2.64. The van der Waals surface area contributed by atoms with Gasteiger partial charge in [0.2, 0.25) is 0 Å². The number of fused-ring (bicyclic) bond motifs is 2. The van der Waals surface area contributed by atoms with Crippen LogP contribution in [0, 0.1) is 5.41 Å². The fourth-order valence-electron chi connectivity index (χ4n) is 5.19. The van der Waals surface area contributed by atoms with E-state index in [1.54, 1.807) is 16.7 Å². The second-order valence-corrected chi connectivity index (χ2v) is 19.1. The van der Waals surface area contributed by atoms with Crippen molar-refractivity contribution in [1.82, 2.24) is 0 Å². The van der Waals surface area contributed by atoms with Gasteiger partial charge < -0.3 is 0 Å². The summed E-state index contributed by atoms with van der Waals surface area (Å²) in [6.45, 7) is 4.76. The molecule has 0 fully saturated rings. The second-order valence-electron chi connectivity index (χ2n) is 8.74. The Morgan fingerprint density at radius 3 is 2.19 bits per heavy atom. The summed E-state index contributed by atoms with van der Waals surface area (Å²) in [5.74, 6) is 0. The average molecular weight is 510 g/mol. The van der Waals surface area contributed by atoms with E-state index in [1.807, 2.05) is 0 Å². The van der Waals surface area contributed by atoms with Crippen LogP contribution in [0.1, 0.15) is 54.5 Å². The zero-order chi connectivity index (χ0) is 18.4. The summed E-state index contributed by atoms with van der Waals surface area (Å²) in [5.41, 5.74) is 8.48. The van der Waals surface area contributed by atoms with Crippen LogP contribution in [0.4, 0.5) is 0 Å². The van der Waals surface area contributed by atoms with Crippen LogP contribution in [0.3, 0.4) is 0 Å². The Balaban J connectivity index is 1.76.